The molecule has 1 aromatic rings. The number of nitriles is 1. The molecule has 1 aliphatic rings. The summed E-state index contributed by atoms with van der Waals surface area (Å²) in [6.07, 6.45) is 3.44. The first-order valence-electron chi connectivity index (χ1n) is 6.73. The van der Waals surface area contributed by atoms with Gasteiger partial charge < -0.3 is 10.2 Å². The van der Waals surface area contributed by atoms with Crippen molar-refractivity contribution in [2.45, 2.75) is 39.2 Å². The van der Waals surface area contributed by atoms with E-state index in [2.05, 4.69) is 47.0 Å². The Bertz CT molecular complexity index is 463. The van der Waals surface area contributed by atoms with Crippen molar-refractivity contribution in [2.24, 2.45) is 5.92 Å². The fourth-order valence-corrected chi connectivity index (χ4v) is 2.21. The van der Waals surface area contributed by atoms with E-state index in [0.29, 0.717) is 0 Å². The predicted molar refractivity (Wildman–Crippen MR) is 76.0 cm³/mol. The van der Waals surface area contributed by atoms with Gasteiger partial charge in [0.05, 0.1) is 6.07 Å². The number of rotatable bonds is 2. The van der Waals surface area contributed by atoms with E-state index < -0.39 is 0 Å². The maximum atomic E-state index is 8.92. The van der Waals surface area contributed by atoms with Crippen LogP contribution in [0.3, 0.4) is 0 Å². The Morgan fingerprint density at radius 1 is 1.32 bits per heavy atom. The van der Waals surface area contributed by atoms with Gasteiger partial charge in [-0.15, -0.1) is 0 Å². The fraction of sp³-hybridized carbons (Fsp3) is 0.643. The summed E-state index contributed by atoms with van der Waals surface area (Å²) in [4.78, 5) is 10.8. The molecular weight excluding hydrogens is 238 g/mol. The monoisotopic (exact) mass is 259 g/mol. The molecule has 102 valence electrons. The van der Waals surface area contributed by atoms with E-state index in [1.165, 1.54) is 0 Å². The molecule has 19 heavy (non-hydrogen) atoms. The molecule has 1 aromatic heterocycles. The van der Waals surface area contributed by atoms with Gasteiger partial charge in [-0.25, -0.2) is 9.97 Å². The highest BCUT2D eigenvalue weighted by molar-refractivity contribution is 5.49. The molecule has 2 rings (SSSR count). The van der Waals surface area contributed by atoms with Crippen LogP contribution in [0.1, 0.15) is 33.6 Å². The molecule has 0 amide bonds. The Morgan fingerprint density at radius 2 is 2.00 bits per heavy atom. The van der Waals surface area contributed by atoms with Crippen LogP contribution >= 0.6 is 0 Å². The van der Waals surface area contributed by atoms with Gasteiger partial charge in [-0.3, -0.25) is 0 Å². The highest BCUT2D eigenvalue weighted by Gasteiger charge is 2.20. The number of aromatic nitrogens is 2. The number of hydrogen-bond donors (Lipinski definition) is 1. The lowest BCUT2D eigenvalue weighted by atomic mass is 9.99. The molecule has 0 saturated carbocycles. The van der Waals surface area contributed by atoms with Crippen molar-refractivity contribution in [1.82, 2.24) is 9.97 Å². The van der Waals surface area contributed by atoms with E-state index in [4.69, 9.17) is 5.26 Å². The minimum atomic E-state index is -0.0145. The molecular formula is C14H21N5. The topological polar surface area (TPSA) is 64.8 Å². The lowest BCUT2D eigenvalue weighted by Gasteiger charge is -2.30. The molecule has 0 aliphatic carbocycles. The lowest BCUT2D eigenvalue weighted by Crippen LogP contribution is -2.34. The summed E-state index contributed by atoms with van der Waals surface area (Å²) in [5.41, 5.74) is -0.0145. The molecule has 0 atom stereocenters. The SMILES string of the molecule is CC(C)(C)Nc1cc(N2CCC(C#N)CC2)ncn1. The fourth-order valence-electron chi connectivity index (χ4n) is 2.21. The molecule has 5 heteroatoms. The van der Waals surface area contributed by atoms with Crippen LogP contribution in [-0.2, 0) is 0 Å². The largest absolute Gasteiger partial charge is 0.365 e. The van der Waals surface area contributed by atoms with Gasteiger partial charge in [0, 0.05) is 30.6 Å². The number of piperidine rings is 1. The summed E-state index contributed by atoms with van der Waals surface area (Å²) in [5.74, 6) is 1.99. The zero-order chi connectivity index (χ0) is 13.9. The molecule has 1 N–H and O–H groups in total. The molecule has 0 radical (unpaired) electrons. The average Bonchev–Trinajstić information content (AvgIpc) is 2.37. The first-order valence-corrected chi connectivity index (χ1v) is 6.73. The third kappa shape index (κ3) is 3.82. The normalized spacial score (nSPS) is 17.1. The van der Waals surface area contributed by atoms with Gasteiger partial charge in [-0.1, -0.05) is 0 Å². The predicted octanol–water partition coefficient (Wildman–Crippen LogP) is 2.43. The third-order valence-corrected chi connectivity index (χ3v) is 3.16. The zero-order valence-electron chi connectivity index (χ0n) is 11.8. The van der Waals surface area contributed by atoms with Gasteiger partial charge in [0.15, 0.2) is 0 Å². The number of nitrogens with one attached hydrogen (secondary N) is 1. The van der Waals surface area contributed by atoms with Crippen LogP contribution in [0.15, 0.2) is 12.4 Å². The lowest BCUT2D eigenvalue weighted by molar-refractivity contribution is 0.485. The maximum Gasteiger partial charge on any atom is 0.134 e. The minimum Gasteiger partial charge on any atom is -0.365 e. The zero-order valence-corrected chi connectivity index (χ0v) is 11.8. The van der Waals surface area contributed by atoms with Crippen molar-refractivity contribution in [3.8, 4) is 6.07 Å². The van der Waals surface area contributed by atoms with Crippen molar-refractivity contribution < 1.29 is 0 Å². The van der Waals surface area contributed by atoms with Crippen molar-refractivity contribution in [1.29, 1.82) is 5.26 Å². The van der Waals surface area contributed by atoms with Gasteiger partial charge >= 0.3 is 0 Å². The third-order valence-electron chi connectivity index (χ3n) is 3.16. The summed E-state index contributed by atoms with van der Waals surface area (Å²) in [5, 5.41) is 12.3. The smallest absolute Gasteiger partial charge is 0.134 e. The quantitative estimate of drug-likeness (QED) is 0.883. The average molecular weight is 259 g/mol. The van der Waals surface area contributed by atoms with Gasteiger partial charge in [0.1, 0.15) is 18.0 Å². The molecule has 1 saturated heterocycles. The van der Waals surface area contributed by atoms with Crippen molar-refractivity contribution in [2.75, 3.05) is 23.3 Å². The molecule has 2 heterocycles. The van der Waals surface area contributed by atoms with E-state index in [1.807, 2.05) is 6.07 Å². The molecule has 0 unspecified atom stereocenters. The first kappa shape index (κ1) is 13.6. The van der Waals surface area contributed by atoms with Crippen molar-refractivity contribution in [3.63, 3.8) is 0 Å². The van der Waals surface area contributed by atoms with Crippen LogP contribution in [0.4, 0.5) is 11.6 Å². The van der Waals surface area contributed by atoms with E-state index in [1.54, 1.807) is 6.33 Å². The summed E-state index contributed by atoms with van der Waals surface area (Å²) in [6.45, 7) is 8.10. The van der Waals surface area contributed by atoms with Crippen LogP contribution in [0.25, 0.3) is 0 Å². The van der Waals surface area contributed by atoms with Crippen LogP contribution in [0.5, 0.6) is 0 Å². The number of nitrogens with zero attached hydrogens (tertiary/aromatic N) is 4. The molecule has 5 nitrogen and oxygen atoms in total. The second-order valence-electron chi connectivity index (χ2n) is 6.03. The van der Waals surface area contributed by atoms with Crippen LogP contribution < -0.4 is 10.2 Å². The number of hydrogen-bond acceptors (Lipinski definition) is 5. The summed E-state index contributed by atoms with van der Waals surface area (Å²) < 4.78 is 0. The Labute approximate surface area is 114 Å². The van der Waals surface area contributed by atoms with E-state index in [0.717, 1.165) is 37.6 Å². The van der Waals surface area contributed by atoms with Gasteiger partial charge in [0.25, 0.3) is 0 Å². The maximum absolute atomic E-state index is 8.92. The van der Waals surface area contributed by atoms with Crippen LogP contribution in [0, 0.1) is 17.2 Å². The second kappa shape index (κ2) is 5.43. The summed E-state index contributed by atoms with van der Waals surface area (Å²) in [6, 6.07) is 4.33. The molecule has 1 fully saturated rings. The Kier molecular flexibility index (Phi) is 3.89. The molecule has 0 aromatic carbocycles. The Hall–Kier alpha value is -1.83. The summed E-state index contributed by atoms with van der Waals surface area (Å²) >= 11 is 0. The van der Waals surface area contributed by atoms with E-state index >= 15 is 0 Å². The highest BCUT2D eigenvalue weighted by Crippen LogP contribution is 2.23. The van der Waals surface area contributed by atoms with Crippen molar-refractivity contribution in [3.05, 3.63) is 12.4 Å². The molecule has 0 spiro atoms. The summed E-state index contributed by atoms with van der Waals surface area (Å²) in [7, 11) is 0. The van der Waals surface area contributed by atoms with Gasteiger partial charge in [0.2, 0.25) is 0 Å². The van der Waals surface area contributed by atoms with Gasteiger partial charge in [-0.2, -0.15) is 5.26 Å². The molecule has 0 bridgehead atoms. The first-order chi connectivity index (χ1) is 8.98. The van der Waals surface area contributed by atoms with Gasteiger partial charge in [-0.05, 0) is 33.6 Å². The Morgan fingerprint density at radius 3 is 2.58 bits per heavy atom. The highest BCUT2D eigenvalue weighted by atomic mass is 15.2. The minimum absolute atomic E-state index is 0.0145. The second-order valence-corrected chi connectivity index (χ2v) is 6.03. The van der Waals surface area contributed by atoms with E-state index in [-0.39, 0.29) is 11.5 Å². The van der Waals surface area contributed by atoms with Crippen molar-refractivity contribution >= 4 is 11.6 Å². The van der Waals surface area contributed by atoms with E-state index in [9.17, 15) is 0 Å². The van der Waals surface area contributed by atoms with Crippen LogP contribution in [0.2, 0.25) is 0 Å². The Balaban J connectivity index is 2.05. The molecule has 1 aliphatic heterocycles. The number of anilines is 2. The standard InChI is InChI=1S/C14H21N5/c1-14(2,3)18-12-8-13(17-10-16-12)19-6-4-11(9-15)5-7-19/h8,10-11H,4-7H2,1-3H3,(H,16,17,18). The van der Waals surface area contributed by atoms with Crippen LogP contribution in [-0.4, -0.2) is 28.6 Å².